The molecule has 1 atom stereocenters. The van der Waals surface area contributed by atoms with Crippen molar-refractivity contribution < 1.29 is 9.47 Å². The standard InChI is InChI=1S/C11H15N3O2S/c1-15-6-8(16-2)5-12-11-10-9(3-4-17-10)13-7-14-11/h3-4,7-8H,5-6H2,1-2H3,(H,12,13,14). The highest BCUT2D eigenvalue weighted by Crippen LogP contribution is 2.24. The zero-order chi connectivity index (χ0) is 12.1. The van der Waals surface area contributed by atoms with Crippen molar-refractivity contribution >= 4 is 27.4 Å². The number of nitrogens with one attached hydrogen (secondary N) is 1. The summed E-state index contributed by atoms with van der Waals surface area (Å²) in [6.07, 6.45) is 1.58. The van der Waals surface area contributed by atoms with Crippen LogP contribution in [0, 0.1) is 0 Å². The number of anilines is 1. The van der Waals surface area contributed by atoms with Crippen molar-refractivity contribution in [2.75, 3.05) is 32.7 Å². The van der Waals surface area contributed by atoms with E-state index in [4.69, 9.17) is 9.47 Å². The third-order valence-corrected chi connectivity index (χ3v) is 3.34. The van der Waals surface area contributed by atoms with Crippen molar-refractivity contribution in [2.24, 2.45) is 0 Å². The summed E-state index contributed by atoms with van der Waals surface area (Å²) in [4.78, 5) is 8.43. The number of hydrogen-bond donors (Lipinski definition) is 1. The molecular formula is C11H15N3O2S. The number of rotatable bonds is 6. The summed E-state index contributed by atoms with van der Waals surface area (Å²) < 4.78 is 11.4. The molecule has 0 aliphatic rings. The van der Waals surface area contributed by atoms with E-state index < -0.39 is 0 Å². The smallest absolute Gasteiger partial charge is 0.147 e. The van der Waals surface area contributed by atoms with E-state index in [9.17, 15) is 0 Å². The fraction of sp³-hybridized carbons (Fsp3) is 0.455. The van der Waals surface area contributed by atoms with Gasteiger partial charge >= 0.3 is 0 Å². The van der Waals surface area contributed by atoms with Gasteiger partial charge in [-0.2, -0.15) is 0 Å². The van der Waals surface area contributed by atoms with Crippen molar-refractivity contribution in [3.63, 3.8) is 0 Å². The molecule has 5 nitrogen and oxygen atoms in total. The molecule has 2 aromatic rings. The van der Waals surface area contributed by atoms with Crippen LogP contribution in [0.15, 0.2) is 17.8 Å². The summed E-state index contributed by atoms with van der Waals surface area (Å²) >= 11 is 1.63. The maximum atomic E-state index is 5.28. The van der Waals surface area contributed by atoms with Gasteiger partial charge in [-0.25, -0.2) is 9.97 Å². The Balaban J connectivity index is 2.05. The first-order valence-electron chi connectivity index (χ1n) is 5.29. The van der Waals surface area contributed by atoms with Gasteiger partial charge in [-0.3, -0.25) is 0 Å². The maximum absolute atomic E-state index is 5.28. The lowest BCUT2D eigenvalue weighted by Crippen LogP contribution is -2.26. The zero-order valence-corrected chi connectivity index (χ0v) is 10.7. The lowest BCUT2D eigenvalue weighted by atomic mass is 10.3. The van der Waals surface area contributed by atoms with E-state index in [1.54, 1.807) is 31.9 Å². The Hall–Kier alpha value is -1.24. The van der Waals surface area contributed by atoms with Crippen LogP contribution in [0.2, 0.25) is 0 Å². The van der Waals surface area contributed by atoms with E-state index in [0.29, 0.717) is 13.2 Å². The van der Waals surface area contributed by atoms with Crippen LogP contribution < -0.4 is 5.32 Å². The summed E-state index contributed by atoms with van der Waals surface area (Å²) in [6, 6.07) is 1.98. The van der Waals surface area contributed by atoms with E-state index in [1.807, 2.05) is 11.4 Å². The lowest BCUT2D eigenvalue weighted by molar-refractivity contribution is 0.0365. The monoisotopic (exact) mass is 253 g/mol. The molecule has 0 saturated carbocycles. The van der Waals surface area contributed by atoms with Gasteiger partial charge in [-0.15, -0.1) is 11.3 Å². The molecule has 0 fully saturated rings. The highest BCUT2D eigenvalue weighted by molar-refractivity contribution is 7.17. The van der Waals surface area contributed by atoms with E-state index in [1.165, 1.54) is 0 Å². The predicted octanol–water partition coefficient (Wildman–Crippen LogP) is 1.76. The maximum Gasteiger partial charge on any atom is 0.147 e. The Morgan fingerprint density at radius 3 is 3.06 bits per heavy atom. The molecular weight excluding hydrogens is 238 g/mol. The highest BCUT2D eigenvalue weighted by atomic mass is 32.1. The minimum Gasteiger partial charge on any atom is -0.382 e. The van der Waals surface area contributed by atoms with E-state index >= 15 is 0 Å². The first-order chi connectivity index (χ1) is 8.35. The quantitative estimate of drug-likeness (QED) is 0.850. The fourth-order valence-electron chi connectivity index (χ4n) is 1.52. The Labute approximate surface area is 104 Å². The van der Waals surface area contributed by atoms with Crippen molar-refractivity contribution in [3.05, 3.63) is 17.8 Å². The Kier molecular flexibility index (Phi) is 4.24. The number of methoxy groups -OCH3 is 2. The average Bonchev–Trinajstić information content (AvgIpc) is 2.83. The molecule has 92 valence electrons. The molecule has 0 saturated heterocycles. The number of thiophene rings is 1. The van der Waals surface area contributed by atoms with Crippen molar-refractivity contribution in [3.8, 4) is 0 Å². The van der Waals surface area contributed by atoms with Crippen LogP contribution in [0.25, 0.3) is 10.2 Å². The van der Waals surface area contributed by atoms with Gasteiger partial charge in [0.15, 0.2) is 0 Å². The number of hydrogen-bond acceptors (Lipinski definition) is 6. The molecule has 2 rings (SSSR count). The molecule has 0 aliphatic carbocycles. The Morgan fingerprint density at radius 1 is 1.41 bits per heavy atom. The first kappa shape index (κ1) is 12.2. The normalized spacial score (nSPS) is 12.8. The number of ether oxygens (including phenoxy) is 2. The van der Waals surface area contributed by atoms with Gasteiger partial charge in [0.25, 0.3) is 0 Å². The third-order valence-electron chi connectivity index (χ3n) is 2.43. The van der Waals surface area contributed by atoms with Crippen molar-refractivity contribution in [2.45, 2.75) is 6.10 Å². The second-order valence-electron chi connectivity index (χ2n) is 3.55. The molecule has 1 N–H and O–H groups in total. The Bertz CT molecular complexity index is 474. The van der Waals surface area contributed by atoms with Gasteiger partial charge in [0.05, 0.1) is 22.9 Å². The van der Waals surface area contributed by atoms with Crippen LogP contribution in [0.1, 0.15) is 0 Å². The number of fused-ring (bicyclic) bond motifs is 1. The second kappa shape index (κ2) is 5.90. The second-order valence-corrected chi connectivity index (χ2v) is 4.47. The molecule has 0 aliphatic heterocycles. The molecule has 0 spiro atoms. The van der Waals surface area contributed by atoms with Crippen LogP contribution in [-0.4, -0.2) is 43.4 Å². The Morgan fingerprint density at radius 2 is 2.29 bits per heavy atom. The fourth-order valence-corrected chi connectivity index (χ4v) is 2.33. The zero-order valence-electron chi connectivity index (χ0n) is 9.84. The van der Waals surface area contributed by atoms with Crippen molar-refractivity contribution in [1.82, 2.24) is 9.97 Å². The molecule has 0 radical (unpaired) electrons. The molecule has 2 heterocycles. The molecule has 2 aromatic heterocycles. The summed E-state index contributed by atoms with van der Waals surface area (Å²) in [5, 5.41) is 5.27. The van der Waals surface area contributed by atoms with Gasteiger partial charge in [0.2, 0.25) is 0 Å². The first-order valence-corrected chi connectivity index (χ1v) is 6.17. The van der Waals surface area contributed by atoms with E-state index in [0.717, 1.165) is 16.0 Å². The number of aromatic nitrogens is 2. The van der Waals surface area contributed by atoms with Crippen LogP contribution in [0.3, 0.4) is 0 Å². The van der Waals surface area contributed by atoms with Crippen LogP contribution in [-0.2, 0) is 9.47 Å². The SMILES string of the molecule is COCC(CNc1ncnc2ccsc12)OC. The number of nitrogens with zero attached hydrogens (tertiary/aromatic N) is 2. The molecule has 6 heteroatoms. The largest absolute Gasteiger partial charge is 0.382 e. The molecule has 0 amide bonds. The molecule has 0 bridgehead atoms. The summed E-state index contributed by atoms with van der Waals surface area (Å²) in [6.45, 7) is 1.22. The predicted molar refractivity (Wildman–Crippen MR) is 68.6 cm³/mol. The molecule has 0 aromatic carbocycles. The third kappa shape index (κ3) is 2.91. The topological polar surface area (TPSA) is 56.3 Å². The van der Waals surface area contributed by atoms with E-state index in [-0.39, 0.29) is 6.10 Å². The molecule has 1 unspecified atom stereocenters. The van der Waals surface area contributed by atoms with Crippen LogP contribution in [0.4, 0.5) is 5.82 Å². The van der Waals surface area contributed by atoms with Gasteiger partial charge in [-0.05, 0) is 11.4 Å². The molecule has 17 heavy (non-hydrogen) atoms. The van der Waals surface area contributed by atoms with Crippen LogP contribution in [0.5, 0.6) is 0 Å². The highest BCUT2D eigenvalue weighted by Gasteiger charge is 2.09. The minimum absolute atomic E-state index is 0.0185. The summed E-state index contributed by atoms with van der Waals surface area (Å²) in [5.41, 5.74) is 0.966. The van der Waals surface area contributed by atoms with Gasteiger partial charge in [-0.1, -0.05) is 0 Å². The van der Waals surface area contributed by atoms with Crippen molar-refractivity contribution in [1.29, 1.82) is 0 Å². The van der Waals surface area contributed by atoms with Gasteiger partial charge in [0, 0.05) is 20.8 Å². The van der Waals surface area contributed by atoms with Crippen LogP contribution >= 0.6 is 11.3 Å². The average molecular weight is 253 g/mol. The van der Waals surface area contributed by atoms with Gasteiger partial charge in [0.1, 0.15) is 12.1 Å². The van der Waals surface area contributed by atoms with E-state index in [2.05, 4.69) is 15.3 Å². The minimum atomic E-state index is 0.0185. The lowest BCUT2D eigenvalue weighted by Gasteiger charge is -2.15. The summed E-state index contributed by atoms with van der Waals surface area (Å²) in [7, 11) is 3.33. The van der Waals surface area contributed by atoms with Gasteiger partial charge < -0.3 is 14.8 Å². The summed E-state index contributed by atoms with van der Waals surface area (Å²) in [5.74, 6) is 0.850.